The SMILES string of the molecule is Cc1ccc2c(c1)CNC2c1ccccc1O. The minimum Gasteiger partial charge on any atom is -0.508 e. The van der Waals surface area contributed by atoms with Gasteiger partial charge < -0.3 is 10.4 Å². The zero-order valence-electron chi connectivity index (χ0n) is 9.77. The molecule has 0 saturated carbocycles. The number of hydrogen-bond acceptors (Lipinski definition) is 2. The van der Waals surface area contributed by atoms with Gasteiger partial charge in [-0.1, -0.05) is 42.0 Å². The fourth-order valence-electron chi connectivity index (χ4n) is 2.50. The highest BCUT2D eigenvalue weighted by Crippen LogP contribution is 2.35. The zero-order valence-corrected chi connectivity index (χ0v) is 9.77. The molecule has 0 amide bonds. The Balaban J connectivity index is 2.07. The molecule has 2 aromatic rings. The van der Waals surface area contributed by atoms with Gasteiger partial charge in [-0.25, -0.2) is 0 Å². The Kier molecular flexibility index (Phi) is 2.37. The summed E-state index contributed by atoms with van der Waals surface area (Å²) >= 11 is 0. The van der Waals surface area contributed by atoms with Crippen LogP contribution in [0.3, 0.4) is 0 Å². The number of phenolic OH excluding ortho intramolecular Hbond substituents is 1. The maximum absolute atomic E-state index is 9.91. The molecule has 0 fully saturated rings. The van der Waals surface area contributed by atoms with Gasteiger partial charge in [0.05, 0.1) is 6.04 Å². The Hall–Kier alpha value is -1.80. The Bertz CT molecular complexity index is 563. The van der Waals surface area contributed by atoms with E-state index in [4.69, 9.17) is 0 Å². The van der Waals surface area contributed by atoms with E-state index < -0.39 is 0 Å². The molecule has 0 spiro atoms. The topological polar surface area (TPSA) is 32.3 Å². The van der Waals surface area contributed by atoms with Gasteiger partial charge in [-0.3, -0.25) is 0 Å². The van der Waals surface area contributed by atoms with Crippen LogP contribution in [0.25, 0.3) is 0 Å². The minimum atomic E-state index is 0.117. The molecule has 17 heavy (non-hydrogen) atoms. The van der Waals surface area contributed by atoms with Crippen LogP contribution in [0, 0.1) is 6.92 Å². The first-order valence-electron chi connectivity index (χ1n) is 5.86. The van der Waals surface area contributed by atoms with E-state index >= 15 is 0 Å². The molecule has 0 saturated heterocycles. The van der Waals surface area contributed by atoms with Crippen LogP contribution in [0.5, 0.6) is 5.75 Å². The molecular weight excluding hydrogens is 210 g/mol. The highest BCUT2D eigenvalue weighted by atomic mass is 16.3. The molecule has 3 rings (SSSR count). The highest BCUT2D eigenvalue weighted by Gasteiger charge is 2.24. The van der Waals surface area contributed by atoms with Crippen LogP contribution in [0.1, 0.15) is 28.3 Å². The summed E-state index contributed by atoms with van der Waals surface area (Å²) in [5.41, 5.74) is 4.84. The number of fused-ring (bicyclic) bond motifs is 1. The third-order valence-electron chi connectivity index (χ3n) is 3.35. The van der Waals surface area contributed by atoms with Crippen LogP contribution < -0.4 is 5.32 Å². The lowest BCUT2D eigenvalue weighted by Gasteiger charge is -2.14. The van der Waals surface area contributed by atoms with Crippen molar-refractivity contribution in [2.24, 2.45) is 0 Å². The van der Waals surface area contributed by atoms with Crippen LogP contribution in [-0.2, 0) is 6.54 Å². The lowest BCUT2D eigenvalue weighted by atomic mass is 9.97. The second-order valence-corrected chi connectivity index (χ2v) is 4.57. The smallest absolute Gasteiger partial charge is 0.120 e. The Morgan fingerprint density at radius 1 is 1.12 bits per heavy atom. The van der Waals surface area contributed by atoms with Gasteiger partial charge in [0.2, 0.25) is 0 Å². The van der Waals surface area contributed by atoms with Crippen molar-refractivity contribution < 1.29 is 5.11 Å². The maximum Gasteiger partial charge on any atom is 0.120 e. The second-order valence-electron chi connectivity index (χ2n) is 4.57. The predicted molar refractivity (Wildman–Crippen MR) is 68.0 cm³/mol. The number of hydrogen-bond donors (Lipinski definition) is 2. The van der Waals surface area contributed by atoms with Crippen molar-refractivity contribution in [1.29, 1.82) is 0 Å². The van der Waals surface area contributed by atoms with Crippen LogP contribution in [0.2, 0.25) is 0 Å². The van der Waals surface area contributed by atoms with Crippen LogP contribution in [-0.4, -0.2) is 5.11 Å². The molecular formula is C15H15NO. The molecule has 2 aromatic carbocycles. The quantitative estimate of drug-likeness (QED) is 0.782. The number of nitrogens with one attached hydrogen (secondary N) is 1. The van der Waals surface area contributed by atoms with Gasteiger partial charge in [0.1, 0.15) is 5.75 Å². The van der Waals surface area contributed by atoms with Crippen LogP contribution >= 0.6 is 0 Å². The summed E-state index contributed by atoms with van der Waals surface area (Å²) in [6.45, 7) is 2.98. The number of rotatable bonds is 1. The van der Waals surface area contributed by atoms with Crippen LogP contribution in [0.4, 0.5) is 0 Å². The molecule has 1 unspecified atom stereocenters. The van der Waals surface area contributed by atoms with Crippen molar-refractivity contribution in [2.45, 2.75) is 19.5 Å². The molecule has 86 valence electrons. The summed E-state index contributed by atoms with van der Waals surface area (Å²) in [7, 11) is 0. The molecule has 0 aliphatic carbocycles. The van der Waals surface area contributed by atoms with E-state index in [1.54, 1.807) is 6.07 Å². The number of phenols is 1. The first-order valence-corrected chi connectivity index (χ1v) is 5.86. The monoisotopic (exact) mass is 225 g/mol. The van der Waals surface area contributed by atoms with Gasteiger partial charge in [-0.05, 0) is 24.1 Å². The fraction of sp³-hybridized carbons (Fsp3) is 0.200. The van der Waals surface area contributed by atoms with E-state index in [2.05, 4.69) is 30.4 Å². The van der Waals surface area contributed by atoms with Crippen molar-refractivity contribution in [1.82, 2.24) is 5.32 Å². The molecule has 1 atom stereocenters. The van der Waals surface area contributed by atoms with E-state index in [0.717, 1.165) is 12.1 Å². The third kappa shape index (κ3) is 1.71. The summed E-state index contributed by atoms with van der Waals surface area (Å²) in [6.07, 6.45) is 0. The summed E-state index contributed by atoms with van der Waals surface area (Å²) in [4.78, 5) is 0. The molecule has 1 aliphatic heterocycles. The van der Waals surface area contributed by atoms with Gasteiger partial charge in [0, 0.05) is 12.1 Å². The van der Waals surface area contributed by atoms with E-state index in [1.807, 2.05) is 18.2 Å². The second kappa shape index (κ2) is 3.90. The molecule has 0 radical (unpaired) electrons. The summed E-state index contributed by atoms with van der Waals surface area (Å²) in [6, 6.07) is 14.1. The normalized spacial score (nSPS) is 18.1. The fourth-order valence-corrected chi connectivity index (χ4v) is 2.50. The number of benzene rings is 2. The molecule has 0 aromatic heterocycles. The molecule has 2 heteroatoms. The summed E-state index contributed by atoms with van der Waals surface area (Å²) < 4.78 is 0. The number of aryl methyl sites for hydroxylation is 1. The lowest BCUT2D eigenvalue weighted by molar-refractivity contribution is 0.460. The standard InChI is InChI=1S/C15H15NO/c1-10-6-7-12-11(8-10)9-16-15(12)13-4-2-3-5-14(13)17/h2-8,15-17H,9H2,1H3. The predicted octanol–water partition coefficient (Wildman–Crippen LogP) is 2.89. The van der Waals surface area contributed by atoms with E-state index in [9.17, 15) is 5.11 Å². The Labute approximate surface area is 101 Å². The molecule has 2 N–H and O–H groups in total. The first kappa shape index (κ1) is 10.4. The average molecular weight is 225 g/mol. The minimum absolute atomic E-state index is 0.117. The Morgan fingerprint density at radius 3 is 2.76 bits per heavy atom. The van der Waals surface area contributed by atoms with Crippen molar-refractivity contribution in [2.75, 3.05) is 0 Å². The number of para-hydroxylation sites is 1. The van der Waals surface area contributed by atoms with E-state index in [0.29, 0.717) is 5.75 Å². The van der Waals surface area contributed by atoms with Crippen molar-refractivity contribution in [3.05, 3.63) is 64.7 Å². The zero-order chi connectivity index (χ0) is 11.8. The summed E-state index contributed by atoms with van der Waals surface area (Å²) in [5.74, 6) is 0.360. The highest BCUT2D eigenvalue weighted by molar-refractivity contribution is 5.46. The lowest BCUT2D eigenvalue weighted by Crippen LogP contribution is -2.13. The molecule has 1 heterocycles. The molecule has 1 aliphatic rings. The van der Waals surface area contributed by atoms with E-state index in [-0.39, 0.29) is 6.04 Å². The third-order valence-corrected chi connectivity index (χ3v) is 3.35. The average Bonchev–Trinajstić information content (AvgIpc) is 2.72. The van der Waals surface area contributed by atoms with Gasteiger partial charge in [0.15, 0.2) is 0 Å². The van der Waals surface area contributed by atoms with Gasteiger partial charge >= 0.3 is 0 Å². The van der Waals surface area contributed by atoms with Gasteiger partial charge in [-0.2, -0.15) is 0 Å². The first-order chi connectivity index (χ1) is 8.25. The summed E-state index contributed by atoms with van der Waals surface area (Å²) in [5, 5.41) is 13.4. The number of aromatic hydroxyl groups is 1. The Morgan fingerprint density at radius 2 is 1.94 bits per heavy atom. The van der Waals surface area contributed by atoms with Crippen molar-refractivity contribution >= 4 is 0 Å². The molecule has 0 bridgehead atoms. The van der Waals surface area contributed by atoms with Crippen LogP contribution in [0.15, 0.2) is 42.5 Å². The van der Waals surface area contributed by atoms with Gasteiger partial charge in [-0.15, -0.1) is 0 Å². The maximum atomic E-state index is 9.91. The molecule has 2 nitrogen and oxygen atoms in total. The van der Waals surface area contributed by atoms with Crippen molar-refractivity contribution in [3.8, 4) is 5.75 Å². The van der Waals surface area contributed by atoms with Gasteiger partial charge in [0.25, 0.3) is 0 Å². The van der Waals surface area contributed by atoms with E-state index in [1.165, 1.54) is 16.7 Å². The van der Waals surface area contributed by atoms with Crippen molar-refractivity contribution in [3.63, 3.8) is 0 Å². The largest absolute Gasteiger partial charge is 0.508 e.